The molecule has 53 heavy (non-hydrogen) atoms. The summed E-state index contributed by atoms with van der Waals surface area (Å²) in [6.07, 6.45) is -1.92. The monoisotopic (exact) mass is 758 g/mol. The fourth-order valence-electron chi connectivity index (χ4n) is 5.82. The number of piperidine rings is 1. The molecule has 278 valence electrons. The van der Waals surface area contributed by atoms with Gasteiger partial charge in [0.15, 0.2) is 6.61 Å². The number of hydrogen-bond acceptors (Lipinski definition) is 9. The molecule has 2 aliphatic rings. The van der Waals surface area contributed by atoms with Crippen molar-refractivity contribution in [3.8, 4) is 6.01 Å². The van der Waals surface area contributed by atoms with Crippen LogP contribution in [-0.4, -0.2) is 70.0 Å². The van der Waals surface area contributed by atoms with Crippen molar-refractivity contribution in [3.05, 3.63) is 94.5 Å². The second-order valence-electron chi connectivity index (χ2n) is 12.7. The van der Waals surface area contributed by atoms with Gasteiger partial charge in [0, 0.05) is 47.7 Å². The minimum atomic E-state index is -4.62. The first-order valence-corrected chi connectivity index (χ1v) is 16.8. The SMILES string of the molecule is O=C(Nc1cc(F)cc(F)c1)C(=O)N1CCCC(CNC(=O)c2ccc(Nc3nc(NC4(c5ccc(Cl)cc5)CC4)nc(OCC(F)(F)F)n3)cc2)C1. The normalized spacial score (nSPS) is 16.3. The maximum atomic E-state index is 13.5. The van der Waals surface area contributed by atoms with E-state index < -0.39 is 53.7 Å². The number of benzene rings is 3. The molecule has 1 saturated carbocycles. The molecule has 1 unspecified atom stereocenters. The summed E-state index contributed by atoms with van der Waals surface area (Å²) in [5, 5.41) is 11.7. The topological polar surface area (TPSA) is 150 Å². The molecular weight excluding hydrogens is 727 g/mol. The van der Waals surface area contributed by atoms with Crippen LogP contribution in [0.15, 0.2) is 66.7 Å². The van der Waals surface area contributed by atoms with E-state index in [4.69, 9.17) is 16.3 Å². The molecule has 12 nitrogen and oxygen atoms in total. The number of halogens is 6. The molecule has 0 radical (unpaired) electrons. The largest absolute Gasteiger partial charge is 0.454 e. The van der Waals surface area contributed by atoms with Gasteiger partial charge in [-0.3, -0.25) is 14.4 Å². The smallest absolute Gasteiger partial charge is 0.422 e. The van der Waals surface area contributed by atoms with Crippen molar-refractivity contribution < 1.29 is 41.1 Å². The fraction of sp³-hybridized carbons (Fsp3) is 0.314. The fourth-order valence-corrected chi connectivity index (χ4v) is 5.94. The number of alkyl halides is 3. The van der Waals surface area contributed by atoms with Crippen LogP contribution in [0, 0.1) is 17.6 Å². The number of aromatic nitrogens is 3. The first kappa shape index (κ1) is 37.2. The summed E-state index contributed by atoms with van der Waals surface area (Å²) < 4.78 is 70.6. The number of nitrogens with one attached hydrogen (secondary N) is 4. The summed E-state index contributed by atoms with van der Waals surface area (Å²) in [4.78, 5) is 51.9. The first-order chi connectivity index (χ1) is 25.2. The number of anilines is 4. The first-order valence-electron chi connectivity index (χ1n) is 16.5. The second kappa shape index (κ2) is 15.6. The van der Waals surface area contributed by atoms with Crippen LogP contribution >= 0.6 is 11.6 Å². The lowest BCUT2D eigenvalue weighted by molar-refractivity contribution is -0.154. The van der Waals surface area contributed by atoms with E-state index in [0.717, 1.165) is 30.5 Å². The standard InChI is InChI=1S/C35H32ClF5N8O4/c36-23-7-5-22(6-8-23)34(11-12-34)48-32-45-31(46-33(47-32)53-19-35(39,40)41)44-26-9-3-21(4-10-26)28(50)42-17-20-2-1-13-49(18-20)30(52)29(51)43-27-15-24(37)14-25(38)16-27/h3-10,14-16,20H,1-2,11-13,17-19H2,(H,42,50)(H,43,51)(H2,44,45,46,47,48). The molecule has 1 atom stereocenters. The van der Waals surface area contributed by atoms with E-state index in [-0.39, 0.29) is 36.6 Å². The molecule has 3 amide bonds. The van der Waals surface area contributed by atoms with Crippen LogP contribution in [0.5, 0.6) is 6.01 Å². The lowest BCUT2D eigenvalue weighted by atomic mass is 9.97. The molecule has 0 bridgehead atoms. The number of hydrogen-bond donors (Lipinski definition) is 4. The van der Waals surface area contributed by atoms with Crippen molar-refractivity contribution in [2.45, 2.75) is 37.4 Å². The summed E-state index contributed by atoms with van der Waals surface area (Å²) in [5.41, 5.74) is 0.897. The number of ether oxygens (including phenoxy) is 1. The average Bonchev–Trinajstić information content (AvgIpc) is 3.89. The van der Waals surface area contributed by atoms with Gasteiger partial charge >= 0.3 is 24.0 Å². The number of amides is 3. The van der Waals surface area contributed by atoms with Gasteiger partial charge in [-0.1, -0.05) is 23.7 Å². The number of carbonyl (C=O) groups is 3. The molecule has 0 spiro atoms. The van der Waals surface area contributed by atoms with E-state index in [1.54, 1.807) is 24.3 Å². The van der Waals surface area contributed by atoms with E-state index in [2.05, 4.69) is 36.2 Å². The lowest BCUT2D eigenvalue weighted by Crippen LogP contribution is -2.47. The summed E-state index contributed by atoms with van der Waals surface area (Å²) in [7, 11) is 0. The van der Waals surface area contributed by atoms with Crippen molar-refractivity contribution in [2.24, 2.45) is 5.92 Å². The highest BCUT2D eigenvalue weighted by atomic mass is 35.5. The zero-order valence-corrected chi connectivity index (χ0v) is 28.5. The van der Waals surface area contributed by atoms with Gasteiger partial charge < -0.3 is 30.9 Å². The number of nitrogens with zero attached hydrogens (tertiary/aromatic N) is 4. The summed E-state index contributed by atoms with van der Waals surface area (Å²) in [5.74, 6) is -4.37. The maximum absolute atomic E-state index is 13.5. The maximum Gasteiger partial charge on any atom is 0.422 e. The van der Waals surface area contributed by atoms with Crippen molar-refractivity contribution in [1.29, 1.82) is 0 Å². The van der Waals surface area contributed by atoms with Crippen LogP contribution in [0.4, 0.5) is 45.2 Å². The highest BCUT2D eigenvalue weighted by molar-refractivity contribution is 6.39. The van der Waals surface area contributed by atoms with Crippen LogP contribution in [-0.2, 0) is 15.1 Å². The minimum Gasteiger partial charge on any atom is -0.454 e. The summed E-state index contributed by atoms with van der Waals surface area (Å²) >= 11 is 6.03. The van der Waals surface area contributed by atoms with Crippen molar-refractivity contribution in [2.75, 3.05) is 42.2 Å². The second-order valence-corrected chi connectivity index (χ2v) is 13.1. The van der Waals surface area contributed by atoms with Crippen LogP contribution in [0.3, 0.4) is 0 Å². The summed E-state index contributed by atoms with van der Waals surface area (Å²) in [6, 6.07) is 15.2. The van der Waals surface area contributed by atoms with Crippen LogP contribution in [0.2, 0.25) is 5.02 Å². The molecule has 2 fully saturated rings. The van der Waals surface area contributed by atoms with E-state index in [9.17, 15) is 36.3 Å². The van der Waals surface area contributed by atoms with Gasteiger partial charge in [-0.15, -0.1) is 0 Å². The molecule has 1 aliphatic heterocycles. The highest BCUT2D eigenvalue weighted by Gasteiger charge is 2.45. The van der Waals surface area contributed by atoms with E-state index in [1.807, 2.05) is 12.1 Å². The molecular formula is C35H32ClF5N8O4. The summed E-state index contributed by atoms with van der Waals surface area (Å²) in [6.45, 7) is -0.907. The Labute approximate surface area is 304 Å². The van der Waals surface area contributed by atoms with Gasteiger partial charge in [-0.05, 0) is 85.7 Å². The predicted octanol–water partition coefficient (Wildman–Crippen LogP) is 6.20. The van der Waals surface area contributed by atoms with Crippen molar-refractivity contribution in [1.82, 2.24) is 25.2 Å². The molecule has 3 aromatic carbocycles. The molecule has 1 saturated heterocycles. The van der Waals surface area contributed by atoms with Crippen LogP contribution in [0.1, 0.15) is 41.6 Å². The van der Waals surface area contributed by atoms with E-state index in [0.29, 0.717) is 41.7 Å². The molecule has 2 heterocycles. The molecule has 4 N–H and O–H groups in total. The Hall–Kier alpha value is -5.58. The lowest BCUT2D eigenvalue weighted by Gasteiger charge is -2.32. The average molecular weight is 759 g/mol. The number of rotatable bonds is 11. The van der Waals surface area contributed by atoms with Gasteiger partial charge in [-0.2, -0.15) is 28.1 Å². The number of carbonyl (C=O) groups excluding carboxylic acids is 3. The molecule has 1 aromatic heterocycles. The Morgan fingerprint density at radius 1 is 0.906 bits per heavy atom. The quantitative estimate of drug-likeness (QED) is 0.104. The highest BCUT2D eigenvalue weighted by Crippen LogP contribution is 2.48. The van der Waals surface area contributed by atoms with Gasteiger partial charge in [0.2, 0.25) is 11.9 Å². The van der Waals surface area contributed by atoms with Crippen molar-refractivity contribution in [3.63, 3.8) is 0 Å². The van der Waals surface area contributed by atoms with Crippen molar-refractivity contribution >= 4 is 52.6 Å². The predicted molar refractivity (Wildman–Crippen MR) is 184 cm³/mol. The Kier molecular flexibility index (Phi) is 10.9. The van der Waals surface area contributed by atoms with Gasteiger partial charge in [0.05, 0.1) is 5.54 Å². The Bertz CT molecular complexity index is 1960. The Morgan fingerprint density at radius 3 is 2.25 bits per heavy atom. The third kappa shape index (κ3) is 10.1. The van der Waals surface area contributed by atoms with Crippen LogP contribution in [0.25, 0.3) is 0 Å². The van der Waals surface area contributed by atoms with Gasteiger partial charge in [0.1, 0.15) is 11.6 Å². The molecule has 18 heteroatoms. The third-order valence-electron chi connectivity index (χ3n) is 8.55. The number of likely N-dealkylation sites (tertiary alicyclic amines) is 1. The zero-order valence-electron chi connectivity index (χ0n) is 27.8. The molecule has 4 aromatic rings. The van der Waals surface area contributed by atoms with Gasteiger partial charge in [0.25, 0.3) is 5.91 Å². The minimum absolute atomic E-state index is 0.00583. The van der Waals surface area contributed by atoms with E-state index in [1.165, 1.54) is 17.0 Å². The van der Waals surface area contributed by atoms with Crippen LogP contribution < -0.4 is 26.0 Å². The third-order valence-corrected chi connectivity index (χ3v) is 8.81. The molecule has 6 rings (SSSR count). The zero-order chi connectivity index (χ0) is 37.8. The van der Waals surface area contributed by atoms with E-state index >= 15 is 0 Å². The Balaban J connectivity index is 1.05. The van der Waals surface area contributed by atoms with Gasteiger partial charge in [-0.25, -0.2) is 8.78 Å². The Morgan fingerprint density at radius 2 is 1.58 bits per heavy atom. The molecule has 1 aliphatic carbocycles.